The molecule has 2 fully saturated rings. The van der Waals surface area contributed by atoms with Gasteiger partial charge in [0.05, 0.1) is 5.69 Å². The molecule has 10 heteroatoms. The summed E-state index contributed by atoms with van der Waals surface area (Å²) in [5.41, 5.74) is 5.03. The summed E-state index contributed by atoms with van der Waals surface area (Å²) in [4.78, 5) is 15.5. The molecule has 4 rings (SSSR count). The van der Waals surface area contributed by atoms with Crippen LogP contribution in [-0.4, -0.2) is 41.0 Å². The van der Waals surface area contributed by atoms with Gasteiger partial charge in [0.25, 0.3) is 5.91 Å². The summed E-state index contributed by atoms with van der Waals surface area (Å²) in [5.74, 6) is -4.77. The Balaban J connectivity index is 0.00000216. The van der Waals surface area contributed by atoms with Gasteiger partial charge in [-0.25, -0.2) is 13.2 Å². The number of nitrogens with one attached hydrogen (secondary N) is 1. The van der Waals surface area contributed by atoms with Crippen molar-refractivity contribution in [3.8, 4) is 0 Å². The fourth-order valence-corrected chi connectivity index (χ4v) is 5.03. The minimum absolute atomic E-state index is 0. The van der Waals surface area contributed by atoms with E-state index >= 15 is 0 Å². The number of halogens is 5. The van der Waals surface area contributed by atoms with E-state index in [1.54, 1.807) is 42.5 Å². The van der Waals surface area contributed by atoms with E-state index in [9.17, 15) is 23.1 Å². The molecule has 2 aromatic carbocycles. The van der Waals surface area contributed by atoms with Crippen LogP contribution in [0.5, 0.6) is 0 Å². The van der Waals surface area contributed by atoms with Crippen LogP contribution in [0.1, 0.15) is 43.2 Å². The molecule has 1 aliphatic carbocycles. The first-order valence-electron chi connectivity index (χ1n) is 11.4. The van der Waals surface area contributed by atoms with Crippen molar-refractivity contribution in [2.45, 2.75) is 56.2 Å². The molecule has 2 atom stereocenters. The number of hydrogen-bond acceptors (Lipinski definition) is 4. The van der Waals surface area contributed by atoms with Crippen LogP contribution in [0.15, 0.2) is 48.5 Å². The summed E-state index contributed by atoms with van der Waals surface area (Å²) in [7, 11) is 0. The van der Waals surface area contributed by atoms with Crippen molar-refractivity contribution in [3.63, 3.8) is 0 Å². The van der Waals surface area contributed by atoms with Crippen LogP contribution in [0.25, 0.3) is 0 Å². The van der Waals surface area contributed by atoms with Gasteiger partial charge in [0.2, 0.25) is 5.92 Å². The van der Waals surface area contributed by atoms with Gasteiger partial charge in [0.15, 0.2) is 5.60 Å². The third-order valence-corrected chi connectivity index (χ3v) is 6.94. The van der Waals surface area contributed by atoms with Crippen LogP contribution in [0.2, 0.25) is 0 Å². The molecule has 1 amide bonds. The first-order valence-corrected chi connectivity index (χ1v) is 11.4. The van der Waals surface area contributed by atoms with E-state index < -0.39 is 35.6 Å². The maximum atomic E-state index is 14.0. The lowest BCUT2D eigenvalue weighted by Gasteiger charge is -2.37. The van der Waals surface area contributed by atoms with Gasteiger partial charge in [-0.1, -0.05) is 36.4 Å². The SMILES string of the molecule is Cl.Cl.Nc1cc(CN2CCC(NC(=O)C(O)(c3ccccc3)[C@@H]3CCC(F)(F)C3)CC2)ccc1F. The van der Waals surface area contributed by atoms with Crippen LogP contribution >= 0.6 is 24.8 Å². The first kappa shape index (κ1) is 29.2. The number of anilines is 1. The first-order chi connectivity index (χ1) is 15.7. The average Bonchev–Trinajstić information content (AvgIpc) is 3.17. The quantitative estimate of drug-likeness (QED) is 0.472. The van der Waals surface area contributed by atoms with Crippen molar-refractivity contribution in [1.29, 1.82) is 0 Å². The number of nitrogens with zero attached hydrogens (tertiary/aromatic N) is 1. The van der Waals surface area contributed by atoms with E-state index in [-0.39, 0.29) is 49.4 Å². The average molecular weight is 534 g/mol. The van der Waals surface area contributed by atoms with E-state index in [0.717, 1.165) is 5.56 Å². The molecule has 2 aromatic rings. The van der Waals surface area contributed by atoms with Gasteiger partial charge in [-0.3, -0.25) is 9.69 Å². The van der Waals surface area contributed by atoms with Crippen molar-refractivity contribution < 1.29 is 23.1 Å². The summed E-state index contributed by atoms with van der Waals surface area (Å²) < 4.78 is 41.3. The molecule has 1 saturated carbocycles. The van der Waals surface area contributed by atoms with Crippen LogP contribution in [-0.2, 0) is 16.9 Å². The Morgan fingerprint density at radius 2 is 1.77 bits per heavy atom. The number of likely N-dealkylation sites (tertiary alicyclic amines) is 1. The Kier molecular flexibility index (Phi) is 9.87. The summed E-state index contributed by atoms with van der Waals surface area (Å²) in [5, 5.41) is 14.4. The predicted molar refractivity (Wildman–Crippen MR) is 134 cm³/mol. The molecular formula is C25H32Cl2F3N3O2. The van der Waals surface area contributed by atoms with Gasteiger partial charge in [0, 0.05) is 44.4 Å². The minimum Gasteiger partial charge on any atom is -0.396 e. The van der Waals surface area contributed by atoms with Crippen molar-refractivity contribution in [1.82, 2.24) is 10.2 Å². The molecule has 35 heavy (non-hydrogen) atoms. The number of alkyl halides is 2. The molecule has 1 unspecified atom stereocenters. The number of amides is 1. The maximum Gasteiger partial charge on any atom is 0.257 e. The molecular weight excluding hydrogens is 502 g/mol. The molecule has 1 saturated heterocycles. The van der Waals surface area contributed by atoms with Gasteiger partial charge in [-0.2, -0.15) is 0 Å². The van der Waals surface area contributed by atoms with E-state index in [1.165, 1.54) is 6.07 Å². The summed E-state index contributed by atoms with van der Waals surface area (Å²) in [6, 6.07) is 12.9. The summed E-state index contributed by atoms with van der Waals surface area (Å²) in [6.07, 6.45) is 0.574. The van der Waals surface area contributed by atoms with Gasteiger partial charge in [-0.15, -0.1) is 24.8 Å². The van der Waals surface area contributed by atoms with Gasteiger partial charge in [0.1, 0.15) is 5.82 Å². The maximum absolute atomic E-state index is 14.0. The summed E-state index contributed by atoms with van der Waals surface area (Å²) in [6.45, 7) is 2.03. The Hall–Kier alpha value is -2.00. The minimum atomic E-state index is -2.87. The number of piperidine rings is 1. The molecule has 1 heterocycles. The molecule has 0 bridgehead atoms. The van der Waals surface area contributed by atoms with Crippen molar-refractivity contribution in [2.24, 2.45) is 5.92 Å². The highest BCUT2D eigenvalue weighted by atomic mass is 35.5. The fraction of sp³-hybridized carbons (Fsp3) is 0.480. The molecule has 0 aromatic heterocycles. The second-order valence-electron chi connectivity index (χ2n) is 9.31. The Morgan fingerprint density at radius 1 is 1.11 bits per heavy atom. The highest BCUT2D eigenvalue weighted by molar-refractivity contribution is 5.87. The predicted octanol–water partition coefficient (Wildman–Crippen LogP) is 4.66. The molecule has 1 aliphatic heterocycles. The van der Waals surface area contributed by atoms with Crippen LogP contribution < -0.4 is 11.1 Å². The monoisotopic (exact) mass is 533 g/mol. The highest BCUT2D eigenvalue weighted by Crippen LogP contribution is 2.47. The zero-order valence-electron chi connectivity index (χ0n) is 19.3. The van der Waals surface area contributed by atoms with Crippen LogP contribution in [0.4, 0.5) is 18.9 Å². The lowest BCUT2D eigenvalue weighted by Crippen LogP contribution is -2.54. The molecule has 4 N–H and O–H groups in total. The van der Waals surface area contributed by atoms with Gasteiger partial charge >= 0.3 is 0 Å². The van der Waals surface area contributed by atoms with Gasteiger partial charge in [-0.05, 0) is 42.5 Å². The Labute approximate surface area is 216 Å². The van der Waals surface area contributed by atoms with Gasteiger partial charge < -0.3 is 16.2 Å². The van der Waals surface area contributed by atoms with Crippen molar-refractivity contribution in [3.05, 3.63) is 65.5 Å². The third kappa shape index (κ3) is 6.61. The van der Waals surface area contributed by atoms with Crippen LogP contribution in [0.3, 0.4) is 0 Å². The lowest BCUT2D eigenvalue weighted by atomic mass is 9.79. The topological polar surface area (TPSA) is 78.6 Å². The zero-order valence-corrected chi connectivity index (χ0v) is 20.9. The lowest BCUT2D eigenvalue weighted by molar-refractivity contribution is -0.149. The number of nitrogens with two attached hydrogens (primary N) is 1. The van der Waals surface area contributed by atoms with E-state index in [0.29, 0.717) is 38.0 Å². The fourth-order valence-electron chi connectivity index (χ4n) is 5.03. The standard InChI is InChI=1S/C25H30F3N3O2.2ClH/c26-21-7-6-17(14-22(21)29)16-31-12-9-20(10-13-31)30-23(32)25(33,18-4-2-1-3-5-18)19-8-11-24(27,28)15-19;;/h1-7,14,19-20,33H,8-13,15-16,29H2,(H,30,32);2*1H/t19-,25?;;/m1../s1. The zero-order chi connectivity index (χ0) is 23.6. The molecule has 2 aliphatic rings. The second-order valence-corrected chi connectivity index (χ2v) is 9.31. The number of rotatable bonds is 6. The molecule has 194 valence electrons. The molecule has 5 nitrogen and oxygen atoms in total. The second kappa shape index (κ2) is 11.8. The normalized spacial score (nSPS) is 21.9. The number of hydrogen-bond donors (Lipinski definition) is 3. The van der Waals surface area contributed by atoms with E-state index in [1.807, 2.05) is 0 Å². The van der Waals surface area contributed by atoms with E-state index in [4.69, 9.17) is 5.73 Å². The Morgan fingerprint density at radius 3 is 2.34 bits per heavy atom. The highest BCUT2D eigenvalue weighted by Gasteiger charge is 2.53. The number of aliphatic hydroxyl groups is 1. The largest absolute Gasteiger partial charge is 0.396 e. The van der Waals surface area contributed by atoms with Crippen LogP contribution in [0, 0.1) is 11.7 Å². The van der Waals surface area contributed by atoms with Crippen molar-refractivity contribution in [2.75, 3.05) is 18.8 Å². The third-order valence-electron chi connectivity index (χ3n) is 6.94. The van der Waals surface area contributed by atoms with E-state index in [2.05, 4.69) is 10.2 Å². The molecule has 0 spiro atoms. The number of carbonyl (C=O) groups excluding carboxylic acids is 1. The smallest absolute Gasteiger partial charge is 0.257 e. The van der Waals surface area contributed by atoms with Crippen molar-refractivity contribution >= 4 is 36.4 Å². The number of carbonyl (C=O) groups is 1. The molecule has 0 radical (unpaired) electrons. The summed E-state index contributed by atoms with van der Waals surface area (Å²) >= 11 is 0. The number of nitrogen functional groups attached to an aromatic ring is 1. The Bertz CT molecular complexity index is 991. The number of benzene rings is 2.